The summed E-state index contributed by atoms with van der Waals surface area (Å²) in [7, 11) is 1.86. The molecule has 0 heterocycles. The Labute approximate surface area is 270 Å². The third-order valence-electron chi connectivity index (χ3n) is 10.5. The molecule has 2 fully saturated rings. The molecule has 0 unspecified atom stereocenters. The summed E-state index contributed by atoms with van der Waals surface area (Å²) in [5.74, 6) is -0.829. The van der Waals surface area contributed by atoms with Gasteiger partial charge in [-0.25, -0.2) is 0 Å². The number of ether oxygens (including phenoxy) is 1. The molecule has 3 rings (SSSR count). The number of aliphatic hydroxyl groups excluding tert-OH is 3. The van der Waals surface area contributed by atoms with E-state index in [0.29, 0.717) is 44.2 Å². The van der Waals surface area contributed by atoms with Crippen LogP contribution in [-0.2, 0) is 9.53 Å². The van der Waals surface area contributed by atoms with Crippen LogP contribution >= 0.6 is 0 Å². The van der Waals surface area contributed by atoms with Crippen molar-refractivity contribution in [2.24, 2.45) is 29.1 Å². The van der Waals surface area contributed by atoms with Gasteiger partial charge in [-0.15, -0.1) is 0 Å². The van der Waals surface area contributed by atoms with Gasteiger partial charge < -0.3 is 35.8 Å². The molecule has 0 aromatic carbocycles. The Morgan fingerprint density at radius 2 is 2.02 bits per heavy atom. The van der Waals surface area contributed by atoms with Gasteiger partial charge in [0.05, 0.1) is 18.3 Å². The number of fused-ring (bicyclic) bond motifs is 3. The van der Waals surface area contributed by atoms with Gasteiger partial charge in [-0.2, -0.15) is 0 Å². The molecule has 0 aromatic rings. The smallest absolute Gasteiger partial charge is 0.145 e. The summed E-state index contributed by atoms with van der Waals surface area (Å²) in [5.41, 5.74) is 2.65. The quantitative estimate of drug-likeness (QED) is 0.0440. The highest BCUT2D eigenvalue weighted by Gasteiger charge is 2.68. The fraction of sp³-hybridized carbons (Fsp3) is 0.649. The summed E-state index contributed by atoms with van der Waals surface area (Å²) >= 11 is 0. The lowest BCUT2D eigenvalue weighted by Crippen LogP contribution is -2.65. The monoisotopic (exact) mass is 626 g/mol. The predicted octanol–water partition coefficient (Wildman–Crippen LogP) is 4.15. The Bertz CT molecular complexity index is 1160. The van der Waals surface area contributed by atoms with E-state index in [1.54, 1.807) is 0 Å². The molecular weight excluding hydrogens is 568 g/mol. The summed E-state index contributed by atoms with van der Waals surface area (Å²) in [4.78, 5) is 12.2. The maximum atomic E-state index is 12.6. The van der Waals surface area contributed by atoms with Crippen LogP contribution in [0.3, 0.4) is 0 Å². The van der Waals surface area contributed by atoms with Gasteiger partial charge >= 0.3 is 0 Å². The molecule has 8 nitrogen and oxygen atoms in total. The fourth-order valence-electron chi connectivity index (χ4n) is 8.34. The lowest BCUT2D eigenvalue weighted by Gasteiger charge is -2.61. The Hall–Kier alpha value is -2.17. The van der Waals surface area contributed by atoms with E-state index in [9.17, 15) is 25.2 Å². The second-order valence-electron chi connectivity index (χ2n) is 13.2. The fourth-order valence-corrected chi connectivity index (χ4v) is 8.34. The molecule has 0 radical (unpaired) electrons. The van der Waals surface area contributed by atoms with Gasteiger partial charge in [-0.05, 0) is 102 Å². The zero-order valence-corrected chi connectivity index (χ0v) is 27.9. The van der Waals surface area contributed by atoms with Crippen molar-refractivity contribution < 1.29 is 30.0 Å². The molecule has 252 valence electrons. The summed E-state index contributed by atoms with van der Waals surface area (Å²) in [6.07, 6.45) is 16.6. The van der Waals surface area contributed by atoms with E-state index in [1.807, 2.05) is 32.2 Å². The lowest BCUT2D eigenvalue weighted by molar-refractivity contribution is -0.194. The van der Waals surface area contributed by atoms with E-state index in [0.717, 1.165) is 48.9 Å². The van der Waals surface area contributed by atoms with Crippen molar-refractivity contribution in [3.63, 3.8) is 0 Å². The van der Waals surface area contributed by atoms with Crippen LogP contribution in [-0.4, -0.2) is 85.1 Å². The van der Waals surface area contributed by atoms with E-state index >= 15 is 0 Å². The molecule has 0 aliphatic heterocycles. The van der Waals surface area contributed by atoms with Crippen molar-refractivity contribution in [1.82, 2.24) is 10.6 Å². The van der Waals surface area contributed by atoms with Gasteiger partial charge in [0.15, 0.2) is 0 Å². The molecular formula is C37H58N2O6. The maximum absolute atomic E-state index is 12.6. The summed E-state index contributed by atoms with van der Waals surface area (Å²) in [6, 6.07) is 0. The van der Waals surface area contributed by atoms with E-state index in [1.165, 1.54) is 5.57 Å². The highest BCUT2D eigenvalue weighted by atomic mass is 16.6. The number of hydrogen-bond acceptors (Lipinski definition) is 8. The summed E-state index contributed by atoms with van der Waals surface area (Å²) in [6.45, 7) is 12.4. The maximum Gasteiger partial charge on any atom is 0.145 e. The second-order valence-corrected chi connectivity index (χ2v) is 13.2. The first kappa shape index (κ1) is 37.3. The number of rotatable bonds is 18. The number of carbonyl (C=O) groups excluding carboxylic acids is 1. The van der Waals surface area contributed by atoms with E-state index in [-0.39, 0.29) is 36.9 Å². The third-order valence-corrected chi connectivity index (χ3v) is 10.5. The molecule has 0 aromatic heterocycles. The topological polar surface area (TPSA) is 131 Å². The molecule has 2 bridgehead atoms. The number of hydrogen-bond donors (Lipinski definition) is 6. The molecule has 3 aliphatic carbocycles. The predicted molar refractivity (Wildman–Crippen MR) is 180 cm³/mol. The molecule has 1 spiro atoms. The van der Waals surface area contributed by atoms with E-state index in [2.05, 4.69) is 49.3 Å². The van der Waals surface area contributed by atoms with Gasteiger partial charge in [-0.1, -0.05) is 66.7 Å². The second kappa shape index (κ2) is 17.7. The van der Waals surface area contributed by atoms with Crippen molar-refractivity contribution in [3.05, 3.63) is 70.9 Å². The van der Waals surface area contributed by atoms with Crippen molar-refractivity contribution >= 4 is 6.29 Å². The summed E-state index contributed by atoms with van der Waals surface area (Å²) in [5, 5.41) is 51.2. The zero-order chi connectivity index (χ0) is 33.0. The van der Waals surface area contributed by atoms with Gasteiger partial charge in [0.2, 0.25) is 0 Å². The molecule has 0 saturated heterocycles. The van der Waals surface area contributed by atoms with Crippen molar-refractivity contribution in [2.45, 2.75) is 77.4 Å². The zero-order valence-electron chi connectivity index (χ0n) is 27.9. The van der Waals surface area contributed by atoms with Crippen LogP contribution < -0.4 is 10.6 Å². The van der Waals surface area contributed by atoms with Gasteiger partial charge in [0, 0.05) is 30.4 Å². The average Bonchev–Trinajstić information content (AvgIpc) is 3.37. The minimum atomic E-state index is -1.20. The van der Waals surface area contributed by atoms with Crippen molar-refractivity contribution in [3.8, 4) is 0 Å². The van der Waals surface area contributed by atoms with Crippen LogP contribution in [0.25, 0.3) is 0 Å². The van der Waals surface area contributed by atoms with Crippen LogP contribution in [0.2, 0.25) is 0 Å². The molecule has 8 heteroatoms. The Morgan fingerprint density at radius 1 is 1.24 bits per heavy atom. The van der Waals surface area contributed by atoms with Gasteiger partial charge in [0.25, 0.3) is 0 Å². The van der Waals surface area contributed by atoms with Gasteiger partial charge in [0.1, 0.15) is 13.1 Å². The van der Waals surface area contributed by atoms with E-state index < -0.39 is 23.9 Å². The minimum Gasteiger partial charge on any atom is -0.396 e. The number of allylic oxidation sites excluding steroid dienone is 9. The highest BCUT2D eigenvalue weighted by molar-refractivity contribution is 5.74. The largest absolute Gasteiger partial charge is 0.396 e. The van der Waals surface area contributed by atoms with Crippen LogP contribution in [0.1, 0.15) is 65.7 Å². The summed E-state index contributed by atoms with van der Waals surface area (Å²) < 4.78 is 5.48. The highest BCUT2D eigenvalue weighted by Crippen LogP contribution is 2.67. The SMILES string of the molecule is C=C(/C=C\C=C(\COCO)[C@@H]1CC[C@]2([C@@H]1O)[C@@H]1C(=C(C)C=O)[C@@H](C=C[C@H]1CCO)C[C@]2(O)CCNC)CC/C=C(\C)CNCC. The van der Waals surface area contributed by atoms with Crippen molar-refractivity contribution in [2.75, 3.05) is 46.7 Å². The van der Waals surface area contributed by atoms with Crippen molar-refractivity contribution in [1.29, 1.82) is 0 Å². The number of aliphatic hydroxyl groups is 4. The standard InChI is InChI=1S/C37H58N2O6/c1-6-39-22-27(3)11-7-9-26(2)10-8-12-31(24-45-25-42)32-15-17-37(35(32)43)34-29(16-20-40)13-14-30(33(34)28(4)23-41)21-36(37,44)18-19-38-5/h8,10-14,23,29-30,32,34-35,38-40,42-44H,2,6-7,9,15-22,24-25H2,1,3-5H3/b10-8-,27-11+,31-12-,33-28?/t29-,30-,32-,34-,35+,36+,37+/m0/s1. The van der Waals surface area contributed by atoms with E-state index in [4.69, 9.17) is 4.74 Å². The Balaban J connectivity index is 1.98. The van der Waals surface area contributed by atoms with Crippen LogP contribution in [0.15, 0.2) is 70.9 Å². The molecule has 0 amide bonds. The Morgan fingerprint density at radius 3 is 2.69 bits per heavy atom. The first-order valence-corrected chi connectivity index (χ1v) is 16.7. The molecule has 2 saturated carbocycles. The third kappa shape index (κ3) is 8.41. The first-order chi connectivity index (χ1) is 21.6. The molecule has 6 N–H and O–H groups in total. The Kier molecular flexibility index (Phi) is 14.6. The van der Waals surface area contributed by atoms with Gasteiger partial charge in [-0.3, -0.25) is 4.79 Å². The van der Waals surface area contributed by atoms with Crippen LogP contribution in [0, 0.1) is 29.1 Å². The number of likely N-dealkylation sites (N-methyl/N-ethyl adjacent to an activating group) is 1. The number of nitrogens with one attached hydrogen (secondary N) is 2. The minimum absolute atomic E-state index is 0.0245. The molecule has 7 atom stereocenters. The number of carbonyl (C=O) groups is 1. The average molecular weight is 627 g/mol. The normalized spacial score (nSPS) is 32.9. The van der Waals surface area contributed by atoms with Crippen LogP contribution in [0.5, 0.6) is 0 Å². The lowest BCUT2D eigenvalue weighted by atomic mass is 9.45. The molecule has 45 heavy (non-hydrogen) atoms. The van der Waals surface area contributed by atoms with Crippen LogP contribution in [0.4, 0.5) is 0 Å². The molecule has 3 aliphatic rings. The first-order valence-electron chi connectivity index (χ1n) is 16.7. The number of aldehydes is 1.